The Morgan fingerprint density at radius 2 is 2.05 bits per heavy atom. The van der Waals surface area contributed by atoms with Crippen LogP contribution in [0.1, 0.15) is 24.6 Å². The number of fused-ring (bicyclic) bond motifs is 1. The first-order valence-electron chi connectivity index (χ1n) is 6.71. The van der Waals surface area contributed by atoms with Gasteiger partial charge in [-0.05, 0) is 25.0 Å². The summed E-state index contributed by atoms with van der Waals surface area (Å²) in [5, 5.41) is 8.38. The predicted octanol–water partition coefficient (Wildman–Crippen LogP) is 2.91. The largest absolute Gasteiger partial charge is 0.480 e. The number of H-pyrrole nitrogens is 1. The van der Waals surface area contributed by atoms with Gasteiger partial charge in [-0.2, -0.15) is 5.10 Å². The third-order valence-corrected chi connectivity index (χ3v) is 3.59. The summed E-state index contributed by atoms with van der Waals surface area (Å²) in [5.74, 6) is 2.73. The fourth-order valence-corrected chi connectivity index (χ4v) is 2.35. The summed E-state index contributed by atoms with van der Waals surface area (Å²) in [6.07, 6.45) is 2.39. The first-order valence-corrected chi connectivity index (χ1v) is 6.71. The van der Waals surface area contributed by atoms with E-state index in [9.17, 15) is 0 Å². The summed E-state index contributed by atoms with van der Waals surface area (Å²) < 4.78 is 5.39. The number of methoxy groups -OCH3 is 1. The Morgan fingerprint density at radius 1 is 1.20 bits per heavy atom. The monoisotopic (exact) mass is 266 g/mol. The van der Waals surface area contributed by atoms with Crippen molar-refractivity contribution in [1.82, 2.24) is 20.2 Å². The zero-order valence-electron chi connectivity index (χ0n) is 11.1. The highest BCUT2D eigenvalue weighted by atomic mass is 16.5. The molecule has 0 radical (unpaired) electrons. The molecule has 4 rings (SSSR count). The molecule has 1 aliphatic carbocycles. The lowest BCUT2D eigenvalue weighted by molar-refractivity contribution is 0.401. The minimum absolute atomic E-state index is 0.552. The highest BCUT2D eigenvalue weighted by molar-refractivity contribution is 5.84. The standard InChI is InChI=1S/C15H14N4O/c1-20-15-11(8-10-4-2-3-5-12(10)16-15)14-17-13(18-19-14)9-6-7-9/h2-5,8-9H,6-7H2,1H3,(H,17,18,19). The van der Waals surface area contributed by atoms with Gasteiger partial charge in [0.05, 0.1) is 18.2 Å². The maximum atomic E-state index is 5.39. The van der Waals surface area contributed by atoms with Gasteiger partial charge in [-0.1, -0.05) is 18.2 Å². The van der Waals surface area contributed by atoms with E-state index in [1.165, 1.54) is 12.8 Å². The van der Waals surface area contributed by atoms with E-state index in [0.29, 0.717) is 17.6 Å². The van der Waals surface area contributed by atoms with Gasteiger partial charge in [0, 0.05) is 11.3 Å². The number of aromatic amines is 1. The molecule has 20 heavy (non-hydrogen) atoms. The number of hydrogen-bond acceptors (Lipinski definition) is 4. The lowest BCUT2D eigenvalue weighted by Gasteiger charge is -2.06. The third kappa shape index (κ3) is 1.82. The van der Waals surface area contributed by atoms with Gasteiger partial charge in [0.1, 0.15) is 5.82 Å². The van der Waals surface area contributed by atoms with E-state index in [4.69, 9.17) is 4.74 Å². The molecule has 0 atom stereocenters. The molecule has 2 heterocycles. The molecular weight excluding hydrogens is 252 g/mol. The Hall–Kier alpha value is -2.43. The van der Waals surface area contributed by atoms with Gasteiger partial charge in [0.15, 0.2) is 5.82 Å². The normalized spacial score (nSPS) is 14.7. The fourth-order valence-electron chi connectivity index (χ4n) is 2.35. The summed E-state index contributed by atoms with van der Waals surface area (Å²) in [6.45, 7) is 0. The topological polar surface area (TPSA) is 63.7 Å². The molecule has 1 aliphatic rings. The Balaban J connectivity index is 1.87. The van der Waals surface area contributed by atoms with Crippen LogP contribution in [0.15, 0.2) is 30.3 Å². The molecule has 1 saturated carbocycles. The first-order chi connectivity index (χ1) is 9.85. The van der Waals surface area contributed by atoms with Gasteiger partial charge in [-0.3, -0.25) is 5.10 Å². The number of nitrogens with zero attached hydrogens (tertiary/aromatic N) is 3. The van der Waals surface area contributed by atoms with E-state index < -0.39 is 0 Å². The molecule has 0 saturated heterocycles. The zero-order valence-corrected chi connectivity index (χ0v) is 11.1. The maximum Gasteiger partial charge on any atom is 0.225 e. The Morgan fingerprint density at radius 3 is 2.85 bits per heavy atom. The molecule has 0 spiro atoms. The van der Waals surface area contributed by atoms with Crippen LogP contribution in [0, 0.1) is 0 Å². The van der Waals surface area contributed by atoms with Crippen molar-refractivity contribution in [2.45, 2.75) is 18.8 Å². The van der Waals surface area contributed by atoms with Gasteiger partial charge in [-0.15, -0.1) is 0 Å². The van der Waals surface area contributed by atoms with Crippen LogP contribution in [-0.4, -0.2) is 27.3 Å². The van der Waals surface area contributed by atoms with E-state index in [-0.39, 0.29) is 0 Å². The summed E-state index contributed by atoms with van der Waals surface area (Å²) in [7, 11) is 1.62. The van der Waals surface area contributed by atoms with Crippen molar-refractivity contribution < 1.29 is 4.74 Å². The molecule has 100 valence electrons. The number of ether oxygens (including phenoxy) is 1. The van der Waals surface area contributed by atoms with E-state index in [1.807, 2.05) is 30.3 Å². The van der Waals surface area contributed by atoms with Crippen LogP contribution in [0.25, 0.3) is 22.3 Å². The van der Waals surface area contributed by atoms with Gasteiger partial charge in [0.2, 0.25) is 5.88 Å². The second-order valence-electron chi connectivity index (χ2n) is 5.06. The molecule has 1 N–H and O–H groups in total. The average Bonchev–Trinajstić information content (AvgIpc) is 3.23. The number of benzene rings is 1. The highest BCUT2D eigenvalue weighted by Crippen LogP contribution is 2.39. The minimum Gasteiger partial charge on any atom is -0.480 e. The van der Waals surface area contributed by atoms with E-state index >= 15 is 0 Å². The van der Waals surface area contributed by atoms with Crippen LogP contribution in [0.5, 0.6) is 5.88 Å². The highest BCUT2D eigenvalue weighted by Gasteiger charge is 2.27. The second kappa shape index (κ2) is 4.30. The lowest BCUT2D eigenvalue weighted by atomic mass is 10.1. The van der Waals surface area contributed by atoms with Gasteiger partial charge in [-0.25, -0.2) is 9.97 Å². The van der Waals surface area contributed by atoms with Crippen molar-refractivity contribution in [2.75, 3.05) is 7.11 Å². The molecule has 0 bridgehead atoms. The SMILES string of the molecule is COc1nc2ccccc2cc1-c1n[nH]c(C2CC2)n1. The Kier molecular flexibility index (Phi) is 2.45. The van der Waals surface area contributed by atoms with E-state index in [2.05, 4.69) is 20.2 Å². The first kappa shape index (κ1) is 11.4. The molecule has 2 aromatic heterocycles. The Labute approximate surface area is 116 Å². The van der Waals surface area contributed by atoms with E-state index in [0.717, 1.165) is 22.3 Å². The summed E-state index contributed by atoms with van der Waals surface area (Å²) >= 11 is 0. The average molecular weight is 266 g/mol. The van der Waals surface area contributed by atoms with Crippen LogP contribution >= 0.6 is 0 Å². The zero-order chi connectivity index (χ0) is 13.5. The molecular formula is C15H14N4O. The molecule has 5 nitrogen and oxygen atoms in total. The molecule has 3 aromatic rings. The number of rotatable bonds is 3. The summed E-state index contributed by atoms with van der Waals surface area (Å²) in [5.41, 5.74) is 1.74. The smallest absolute Gasteiger partial charge is 0.225 e. The van der Waals surface area contributed by atoms with Crippen molar-refractivity contribution in [1.29, 1.82) is 0 Å². The molecule has 0 unspecified atom stereocenters. The molecule has 1 aromatic carbocycles. The summed E-state index contributed by atoms with van der Waals surface area (Å²) in [6, 6.07) is 9.98. The van der Waals surface area contributed by atoms with Crippen molar-refractivity contribution >= 4 is 10.9 Å². The molecule has 0 amide bonds. The van der Waals surface area contributed by atoms with Crippen molar-refractivity contribution in [3.8, 4) is 17.3 Å². The fraction of sp³-hybridized carbons (Fsp3) is 0.267. The van der Waals surface area contributed by atoms with Crippen LogP contribution in [0.3, 0.4) is 0 Å². The Bertz CT molecular complexity index is 776. The van der Waals surface area contributed by atoms with Crippen LogP contribution in [0.4, 0.5) is 0 Å². The number of hydrogen-bond donors (Lipinski definition) is 1. The number of nitrogens with one attached hydrogen (secondary N) is 1. The number of para-hydroxylation sites is 1. The third-order valence-electron chi connectivity index (χ3n) is 3.59. The van der Waals surface area contributed by atoms with Crippen LogP contribution in [0.2, 0.25) is 0 Å². The van der Waals surface area contributed by atoms with Crippen LogP contribution < -0.4 is 4.74 Å². The second-order valence-corrected chi connectivity index (χ2v) is 5.06. The number of aromatic nitrogens is 4. The quantitative estimate of drug-likeness (QED) is 0.791. The predicted molar refractivity (Wildman–Crippen MR) is 75.6 cm³/mol. The van der Waals surface area contributed by atoms with Crippen molar-refractivity contribution in [3.63, 3.8) is 0 Å². The summed E-state index contributed by atoms with van der Waals surface area (Å²) in [4.78, 5) is 9.09. The number of pyridine rings is 1. The lowest BCUT2D eigenvalue weighted by Crippen LogP contribution is -1.94. The van der Waals surface area contributed by atoms with Crippen molar-refractivity contribution in [3.05, 3.63) is 36.2 Å². The van der Waals surface area contributed by atoms with Gasteiger partial charge >= 0.3 is 0 Å². The van der Waals surface area contributed by atoms with Crippen LogP contribution in [-0.2, 0) is 0 Å². The van der Waals surface area contributed by atoms with Crippen molar-refractivity contribution in [2.24, 2.45) is 0 Å². The van der Waals surface area contributed by atoms with Gasteiger partial charge < -0.3 is 4.74 Å². The van der Waals surface area contributed by atoms with E-state index in [1.54, 1.807) is 7.11 Å². The molecule has 1 fully saturated rings. The maximum absolute atomic E-state index is 5.39. The van der Waals surface area contributed by atoms with Gasteiger partial charge in [0.25, 0.3) is 0 Å². The minimum atomic E-state index is 0.552. The molecule has 5 heteroatoms. The molecule has 0 aliphatic heterocycles.